The second kappa shape index (κ2) is 8.23. The Labute approximate surface area is 164 Å². The van der Waals surface area contributed by atoms with E-state index in [9.17, 15) is 9.59 Å². The zero-order valence-corrected chi connectivity index (χ0v) is 16.2. The van der Waals surface area contributed by atoms with Crippen molar-refractivity contribution in [3.63, 3.8) is 0 Å². The molecule has 2 aliphatic heterocycles. The van der Waals surface area contributed by atoms with Crippen molar-refractivity contribution < 1.29 is 9.59 Å². The third-order valence-electron chi connectivity index (χ3n) is 5.59. The lowest BCUT2D eigenvalue weighted by atomic mass is 10.1. The summed E-state index contributed by atoms with van der Waals surface area (Å²) in [6.07, 6.45) is 1.80. The molecule has 0 saturated carbocycles. The van der Waals surface area contributed by atoms with Crippen LogP contribution in [-0.2, 0) is 11.2 Å². The number of hydrogen-bond donors (Lipinski definition) is 0. The molecule has 0 N–H and O–H groups in total. The van der Waals surface area contributed by atoms with Crippen molar-refractivity contribution in [2.75, 3.05) is 39.3 Å². The molecule has 6 heteroatoms. The van der Waals surface area contributed by atoms with Gasteiger partial charge in [-0.15, -0.1) is 0 Å². The van der Waals surface area contributed by atoms with Crippen molar-refractivity contribution in [1.82, 2.24) is 14.7 Å². The molecule has 27 heavy (non-hydrogen) atoms. The molecular weight excluding hydrogens is 358 g/mol. The fourth-order valence-corrected chi connectivity index (χ4v) is 4.63. The first-order chi connectivity index (χ1) is 13.2. The van der Waals surface area contributed by atoms with Crippen LogP contribution in [0.4, 0.5) is 0 Å². The molecule has 0 radical (unpaired) electrons. The number of likely N-dealkylation sites (tertiary alicyclic amines) is 1. The Bertz CT molecular complexity index is 770. The highest BCUT2D eigenvalue weighted by Gasteiger charge is 2.37. The van der Waals surface area contributed by atoms with Gasteiger partial charge in [0, 0.05) is 44.6 Å². The maximum Gasteiger partial charge on any atom is 0.254 e. The molecule has 4 rings (SSSR count). The summed E-state index contributed by atoms with van der Waals surface area (Å²) in [5.41, 5.74) is 2.05. The van der Waals surface area contributed by atoms with Crippen molar-refractivity contribution >= 4 is 23.2 Å². The maximum absolute atomic E-state index is 12.8. The van der Waals surface area contributed by atoms with Crippen LogP contribution >= 0.6 is 11.3 Å². The number of hydrogen-bond acceptors (Lipinski definition) is 4. The molecule has 0 bridgehead atoms. The lowest BCUT2D eigenvalue weighted by Gasteiger charge is -2.37. The summed E-state index contributed by atoms with van der Waals surface area (Å²) in [7, 11) is 0. The topological polar surface area (TPSA) is 43.9 Å². The summed E-state index contributed by atoms with van der Waals surface area (Å²) in [6.45, 7) is 4.57. The molecule has 3 heterocycles. The van der Waals surface area contributed by atoms with Crippen LogP contribution in [0, 0.1) is 0 Å². The fraction of sp³-hybridized carbons (Fsp3) is 0.429. The standard InChI is InChI=1S/C21H25N3O2S/c25-20(18-8-15-27-16-18)24-13-11-22(12-14-24)19-7-10-23(21(19)26)9-6-17-4-2-1-3-5-17/h1-5,8,15-16,19H,6-7,9-14H2. The number of carbonyl (C=O) groups excluding carboxylic acids is 2. The Morgan fingerprint density at radius 3 is 2.52 bits per heavy atom. The van der Waals surface area contributed by atoms with E-state index < -0.39 is 0 Å². The van der Waals surface area contributed by atoms with Crippen LogP contribution in [-0.4, -0.2) is 71.8 Å². The average molecular weight is 384 g/mol. The van der Waals surface area contributed by atoms with Gasteiger partial charge >= 0.3 is 0 Å². The van der Waals surface area contributed by atoms with Gasteiger partial charge in [0.1, 0.15) is 0 Å². The zero-order valence-electron chi connectivity index (χ0n) is 15.4. The molecule has 2 aromatic rings. The van der Waals surface area contributed by atoms with Crippen LogP contribution in [0.2, 0.25) is 0 Å². The molecule has 2 fully saturated rings. The van der Waals surface area contributed by atoms with Crippen LogP contribution in [0.5, 0.6) is 0 Å². The lowest BCUT2D eigenvalue weighted by molar-refractivity contribution is -0.132. The first kappa shape index (κ1) is 18.2. The number of rotatable bonds is 5. The van der Waals surface area contributed by atoms with Gasteiger partial charge in [-0.3, -0.25) is 14.5 Å². The monoisotopic (exact) mass is 383 g/mol. The van der Waals surface area contributed by atoms with E-state index in [0.29, 0.717) is 13.1 Å². The molecule has 1 aromatic carbocycles. The van der Waals surface area contributed by atoms with Gasteiger partial charge in [0.05, 0.1) is 11.6 Å². The number of nitrogens with zero attached hydrogens (tertiary/aromatic N) is 3. The van der Waals surface area contributed by atoms with E-state index in [1.165, 1.54) is 5.56 Å². The second-order valence-corrected chi connectivity index (χ2v) is 7.99. The average Bonchev–Trinajstić information content (AvgIpc) is 3.37. The summed E-state index contributed by atoms with van der Waals surface area (Å²) in [5, 5.41) is 3.84. The largest absolute Gasteiger partial charge is 0.341 e. The number of benzene rings is 1. The van der Waals surface area contributed by atoms with Crippen molar-refractivity contribution in [1.29, 1.82) is 0 Å². The Morgan fingerprint density at radius 1 is 1.04 bits per heavy atom. The van der Waals surface area contributed by atoms with Gasteiger partial charge in [-0.1, -0.05) is 30.3 Å². The molecule has 0 aliphatic carbocycles. The smallest absolute Gasteiger partial charge is 0.254 e. The third kappa shape index (κ3) is 4.06. The summed E-state index contributed by atoms with van der Waals surface area (Å²) in [5.74, 6) is 0.363. The van der Waals surface area contributed by atoms with Gasteiger partial charge in [-0.2, -0.15) is 11.3 Å². The Morgan fingerprint density at radius 2 is 1.81 bits per heavy atom. The number of thiophene rings is 1. The summed E-state index contributed by atoms with van der Waals surface area (Å²) in [4.78, 5) is 31.5. The van der Waals surface area contributed by atoms with Crippen LogP contribution in [0.1, 0.15) is 22.3 Å². The number of piperazine rings is 1. The lowest BCUT2D eigenvalue weighted by Crippen LogP contribution is -2.53. The Balaban J connectivity index is 1.28. The number of carbonyl (C=O) groups is 2. The summed E-state index contributed by atoms with van der Waals surface area (Å²) in [6, 6.07) is 12.2. The van der Waals surface area contributed by atoms with E-state index in [0.717, 1.165) is 44.6 Å². The first-order valence-corrected chi connectivity index (χ1v) is 10.5. The molecular formula is C21H25N3O2S. The molecule has 142 valence electrons. The zero-order chi connectivity index (χ0) is 18.6. The Kier molecular flexibility index (Phi) is 5.55. The SMILES string of the molecule is O=C(c1ccsc1)N1CCN(C2CCN(CCc3ccccc3)C2=O)CC1. The molecule has 1 aromatic heterocycles. The molecule has 1 atom stereocenters. The second-order valence-electron chi connectivity index (χ2n) is 7.21. The Hall–Kier alpha value is -2.18. The van der Waals surface area contributed by atoms with Crippen molar-refractivity contribution in [2.45, 2.75) is 18.9 Å². The van der Waals surface area contributed by atoms with Crippen LogP contribution in [0.15, 0.2) is 47.2 Å². The molecule has 1 unspecified atom stereocenters. The quantitative estimate of drug-likeness (QED) is 0.796. The highest BCUT2D eigenvalue weighted by Crippen LogP contribution is 2.20. The van der Waals surface area contributed by atoms with Crippen LogP contribution < -0.4 is 0 Å². The van der Waals surface area contributed by atoms with Crippen LogP contribution in [0.25, 0.3) is 0 Å². The van der Waals surface area contributed by atoms with Gasteiger partial charge in [0.15, 0.2) is 0 Å². The minimum Gasteiger partial charge on any atom is -0.341 e. The van der Waals surface area contributed by atoms with E-state index in [1.807, 2.05) is 44.8 Å². The van der Waals surface area contributed by atoms with Crippen LogP contribution in [0.3, 0.4) is 0 Å². The third-order valence-corrected chi connectivity index (χ3v) is 6.28. The summed E-state index contributed by atoms with van der Waals surface area (Å²) < 4.78 is 0. The van der Waals surface area contributed by atoms with E-state index in [1.54, 1.807) is 11.3 Å². The molecule has 0 spiro atoms. The van der Waals surface area contributed by atoms with Gasteiger partial charge in [0.2, 0.25) is 5.91 Å². The normalized spacial score (nSPS) is 21.0. The highest BCUT2D eigenvalue weighted by molar-refractivity contribution is 7.08. The van der Waals surface area contributed by atoms with Gasteiger partial charge in [-0.25, -0.2) is 0 Å². The van der Waals surface area contributed by atoms with E-state index >= 15 is 0 Å². The van der Waals surface area contributed by atoms with Crippen molar-refractivity contribution in [3.8, 4) is 0 Å². The fourth-order valence-electron chi connectivity index (χ4n) is 4.00. The highest BCUT2D eigenvalue weighted by atomic mass is 32.1. The van der Waals surface area contributed by atoms with Gasteiger partial charge in [0.25, 0.3) is 5.91 Å². The molecule has 2 aliphatic rings. The van der Waals surface area contributed by atoms with Gasteiger partial charge in [-0.05, 0) is 29.9 Å². The first-order valence-electron chi connectivity index (χ1n) is 9.60. The van der Waals surface area contributed by atoms with Gasteiger partial charge < -0.3 is 9.80 Å². The number of amides is 2. The predicted molar refractivity (Wildman–Crippen MR) is 107 cm³/mol. The summed E-state index contributed by atoms with van der Waals surface area (Å²) >= 11 is 1.55. The van der Waals surface area contributed by atoms with Crippen molar-refractivity contribution in [3.05, 3.63) is 58.3 Å². The maximum atomic E-state index is 12.8. The van der Waals surface area contributed by atoms with E-state index in [4.69, 9.17) is 0 Å². The molecule has 2 amide bonds. The molecule has 5 nitrogen and oxygen atoms in total. The minimum atomic E-state index is -0.0147. The van der Waals surface area contributed by atoms with Crippen molar-refractivity contribution in [2.24, 2.45) is 0 Å². The molecule has 2 saturated heterocycles. The minimum absolute atomic E-state index is 0.0147. The van der Waals surface area contributed by atoms with E-state index in [-0.39, 0.29) is 17.9 Å². The van der Waals surface area contributed by atoms with E-state index in [2.05, 4.69) is 17.0 Å². The predicted octanol–water partition coefficient (Wildman–Crippen LogP) is 2.35.